The van der Waals surface area contributed by atoms with Gasteiger partial charge in [0.2, 0.25) is 0 Å². The fourth-order valence-corrected chi connectivity index (χ4v) is 5.36. The number of urea groups is 2. The summed E-state index contributed by atoms with van der Waals surface area (Å²) >= 11 is 1.52. The van der Waals surface area contributed by atoms with Gasteiger partial charge in [-0.15, -0.1) is 11.3 Å². The molecule has 0 aliphatic carbocycles. The number of hydrogen-bond acceptors (Lipinski definition) is 5. The second-order valence-corrected chi connectivity index (χ2v) is 9.05. The second kappa shape index (κ2) is 8.51. The fourth-order valence-electron chi connectivity index (χ4n) is 4.66. The molecule has 3 saturated heterocycles. The predicted molar refractivity (Wildman–Crippen MR) is 116 cm³/mol. The van der Waals surface area contributed by atoms with Gasteiger partial charge in [0.05, 0.1) is 31.5 Å². The third kappa shape index (κ3) is 3.63. The molecule has 2 atom stereocenters. The van der Waals surface area contributed by atoms with Crippen LogP contribution in [-0.2, 0) is 16.1 Å². The van der Waals surface area contributed by atoms with Crippen molar-refractivity contribution in [3.05, 3.63) is 52.5 Å². The molecule has 3 aliphatic rings. The Bertz CT molecular complexity index is 1030. The van der Waals surface area contributed by atoms with Gasteiger partial charge in [0.15, 0.2) is 0 Å². The molecule has 0 saturated carbocycles. The summed E-state index contributed by atoms with van der Waals surface area (Å²) in [6, 6.07) is 7.32. The lowest BCUT2D eigenvalue weighted by Gasteiger charge is -2.44. The maximum absolute atomic E-state index is 14.0. The van der Waals surface area contributed by atoms with Crippen molar-refractivity contribution in [3.8, 4) is 0 Å². The Morgan fingerprint density at radius 3 is 2.66 bits per heavy atom. The van der Waals surface area contributed by atoms with Crippen molar-refractivity contribution in [2.45, 2.75) is 25.0 Å². The Kier molecular flexibility index (Phi) is 5.56. The van der Waals surface area contributed by atoms with E-state index in [2.05, 4.69) is 0 Å². The van der Waals surface area contributed by atoms with E-state index in [4.69, 9.17) is 4.74 Å². The molecule has 1 aromatic heterocycles. The van der Waals surface area contributed by atoms with Crippen LogP contribution in [0, 0.1) is 5.82 Å². The third-order valence-corrected chi connectivity index (χ3v) is 7.04. The van der Waals surface area contributed by atoms with Crippen LogP contribution in [0.2, 0.25) is 0 Å². The number of carbonyl (C=O) groups excluding carboxylic acids is 3. The Morgan fingerprint density at radius 1 is 1.12 bits per heavy atom. The van der Waals surface area contributed by atoms with Crippen molar-refractivity contribution in [2.75, 3.05) is 37.7 Å². The van der Waals surface area contributed by atoms with Gasteiger partial charge in [-0.05, 0) is 36.1 Å². The van der Waals surface area contributed by atoms with Crippen molar-refractivity contribution >= 4 is 35.0 Å². The molecule has 0 radical (unpaired) electrons. The number of likely N-dealkylation sites (tertiary alicyclic amines) is 1. The lowest BCUT2D eigenvalue weighted by atomic mass is 10.0. The molecule has 2 aromatic rings. The topological polar surface area (TPSA) is 73.4 Å². The highest BCUT2D eigenvalue weighted by atomic mass is 32.1. The van der Waals surface area contributed by atoms with Gasteiger partial charge in [-0.25, -0.2) is 18.9 Å². The summed E-state index contributed by atoms with van der Waals surface area (Å²) in [6.45, 7) is 2.55. The number of benzene rings is 1. The minimum absolute atomic E-state index is 0.167. The first-order valence-corrected chi connectivity index (χ1v) is 11.5. The summed E-state index contributed by atoms with van der Waals surface area (Å²) in [5, 5.41) is 1.93. The van der Waals surface area contributed by atoms with E-state index in [-0.39, 0.29) is 11.7 Å². The van der Waals surface area contributed by atoms with Crippen molar-refractivity contribution in [1.29, 1.82) is 0 Å². The van der Waals surface area contributed by atoms with E-state index in [0.29, 0.717) is 45.8 Å². The zero-order chi connectivity index (χ0) is 22.2. The number of thiophene rings is 1. The lowest BCUT2D eigenvalue weighted by molar-refractivity contribution is -0.124. The van der Waals surface area contributed by atoms with Crippen LogP contribution in [0.4, 0.5) is 19.7 Å². The molecule has 4 heterocycles. The minimum Gasteiger partial charge on any atom is -0.378 e. The molecular weight excluding hydrogens is 435 g/mol. The van der Waals surface area contributed by atoms with Gasteiger partial charge in [-0.3, -0.25) is 4.79 Å². The SMILES string of the molecule is O=C1[C@H]2[C@@H](CCN2C(=O)N2CCOCC2)N(Cc2cccs2)C(=O)N1c1cccc(F)c1. The number of ether oxygens (including phenoxy) is 1. The largest absolute Gasteiger partial charge is 0.378 e. The van der Waals surface area contributed by atoms with Crippen LogP contribution in [0.3, 0.4) is 0 Å². The molecule has 0 bridgehead atoms. The molecule has 0 N–H and O–H groups in total. The van der Waals surface area contributed by atoms with E-state index in [0.717, 1.165) is 9.78 Å². The first-order chi connectivity index (χ1) is 15.5. The number of imide groups is 1. The van der Waals surface area contributed by atoms with Crippen molar-refractivity contribution in [3.63, 3.8) is 0 Å². The molecule has 0 unspecified atom stereocenters. The Morgan fingerprint density at radius 2 is 1.94 bits per heavy atom. The Balaban J connectivity index is 1.50. The molecule has 168 valence electrons. The zero-order valence-electron chi connectivity index (χ0n) is 17.4. The number of rotatable bonds is 3. The molecule has 32 heavy (non-hydrogen) atoms. The quantitative estimate of drug-likeness (QED) is 0.709. The van der Waals surface area contributed by atoms with Gasteiger partial charge in [-0.2, -0.15) is 0 Å². The first kappa shape index (κ1) is 20.9. The number of hydrogen-bond donors (Lipinski definition) is 0. The van der Waals surface area contributed by atoms with Crippen LogP contribution in [-0.4, -0.2) is 77.6 Å². The number of fused-ring (bicyclic) bond motifs is 1. The van der Waals surface area contributed by atoms with Crippen LogP contribution in [0.15, 0.2) is 41.8 Å². The molecular formula is C22H23FN4O4S. The van der Waals surface area contributed by atoms with Crippen LogP contribution in [0.5, 0.6) is 0 Å². The van der Waals surface area contributed by atoms with Crippen molar-refractivity contribution < 1.29 is 23.5 Å². The number of nitrogens with zero attached hydrogens (tertiary/aromatic N) is 4. The number of amides is 5. The maximum atomic E-state index is 14.0. The highest BCUT2D eigenvalue weighted by molar-refractivity contribution is 7.09. The zero-order valence-corrected chi connectivity index (χ0v) is 18.2. The van der Waals surface area contributed by atoms with Gasteiger partial charge in [0.1, 0.15) is 11.9 Å². The number of halogens is 1. The van der Waals surface area contributed by atoms with E-state index < -0.39 is 29.8 Å². The predicted octanol–water partition coefficient (Wildman–Crippen LogP) is 2.75. The summed E-state index contributed by atoms with van der Waals surface area (Å²) in [6.07, 6.45) is 0.514. The molecule has 3 aliphatic heterocycles. The summed E-state index contributed by atoms with van der Waals surface area (Å²) in [7, 11) is 0. The van der Waals surface area contributed by atoms with E-state index in [9.17, 15) is 18.8 Å². The van der Waals surface area contributed by atoms with Gasteiger partial charge < -0.3 is 19.4 Å². The molecule has 5 amide bonds. The smallest absolute Gasteiger partial charge is 0.332 e. The standard InChI is InChI=1S/C22H23FN4O4S/c23-15-3-1-4-16(13-15)27-20(28)19-18(26(22(27)30)14-17-5-2-12-32-17)6-7-25(19)21(29)24-8-10-31-11-9-24/h1-5,12-13,18-19H,6-11,14H2/t18-,19-/m1/s1. The van der Waals surface area contributed by atoms with Crippen LogP contribution < -0.4 is 4.90 Å². The third-order valence-electron chi connectivity index (χ3n) is 6.18. The second-order valence-electron chi connectivity index (χ2n) is 8.02. The van der Waals surface area contributed by atoms with Gasteiger partial charge >= 0.3 is 12.1 Å². The maximum Gasteiger partial charge on any atom is 0.332 e. The molecule has 3 fully saturated rings. The first-order valence-electron chi connectivity index (χ1n) is 10.6. The summed E-state index contributed by atoms with van der Waals surface area (Å²) < 4.78 is 19.3. The molecule has 5 rings (SSSR count). The Hall–Kier alpha value is -2.98. The lowest BCUT2D eigenvalue weighted by Crippen LogP contribution is -2.66. The average Bonchev–Trinajstić information content (AvgIpc) is 3.47. The number of carbonyl (C=O) groups is 3. The normalized spacial score (nSPS) is 23.7. The number of morpholine rings is 1. The van der Waals surface area contributed by atoms with Crippen molar-refractivity contribution in [2.24, 2.45) is 0 Å². The van der Waals surface area contributed by atoms with Crippen molar-refractivity contribution in [1.82, 2.24) is 14.7 Å². The molecule has 0 spiro atoms. The summed E-state index contributed by atoms with van der Waals surface area (Å²) in [5.74, 6) is -1.03. The van der Waals surface area contributed by atoms with Crippen LogP contribution in [0.1, 0.15) is 11.3 Å². The Labute approximate surface area is 188 Å². The van der Waals surface area contributed by atoms with Gasteiger partial charge in [0.25, 0.3) is 5.91 Å². The van der Waals surface area contributed by atoms with Gasteiger partial charge in [-0.1, -0.05) is 12.1 Å². The molecule has 1 aromatic carbocycles. The monoisotopic (exact) mass is 458 g/mol. The summed E-state index contributed by atoms with van der Waals surface area (Å²) in [4.78, 5) is 47.2. The molecule has 10 heteroatoms. The highest BCUT2D eigenvalue weighted by Crippen LogP contribution is 2.35. The summed E-state index contributed by atoms with van der Waals surface area (Å²) in [5.41, 5.74) is 0.167. The van der Waals surface area contributed by atoms with E-state index in [1.165, 1.54) is 35.6 Å². The highest BCUT2D eigenvalue weighted by Gasteiger charge is 2.54. The number of anilines is 1. The molecule has 8 nitrogen and oxygen atoms in total. The van der Waals surface area contributed by atoms with E-state index in [1.807, 2.05) is 17.5 Å². The van der Waals surface area contributed by atoms with Gasteiger partial charge in [0, 0.05) is 24.5 Å². The fraction of sp³-hybridized carbons (Fsp3) is 0.409. The van der Waals surface area contributed by atoms with Crippen LogP contribution >= 0.6 is 11.3 Å². The van der Waals surface area contributed by atoms with Crippen LogP contribution in [0.25, 0.3) is 0 Å². The minimum atomic E-state index is -0.814. The van der Waals surface area contributed by atoms with E-state index >= 15 is 0 Å². The average molecular weight is 459 g/mol. The van der Waals surface area contributed by atoms with E-state index in [1.54, 1.807) is 14.7 Å².